The zero-order chi connectivity index (χ0) is 20.4. The minimum absolute atomic E-state index is 0.0600. The highest BCUT2D eigenvalue weighted by Crippen LogP contribution is 2.17. The van der Waals surface area contributed by atoms with E-state index in [1.165, 1.54) is 0 Å². The van der Waals surface area contributed by atoms with Crippen molar-refractivity contribution in [2.24, 2.45) is 5.73 Å². The van der Waals surface area contributed by atoms with Gasteiger partial charge in [-0.15, -0.1) is 0 Å². The maximum atomic E-state index is 10.9. The van der Waals surface area contributed by atoms with Gasteiger partial charge in [-0.3, -0.25) is 4.79 Å². The smallest absolute Gasteiger partial charge is 0.221 e. The Balaban J connectivity index is 1.64. The van der Waals surface area contributed by atoms with Crippen LogP contribution in [0.5, 0.6) is 17.2 Å². The number of ether oxygens (including phenoxy) is 3. The second-order valence-corrected chi connectivity index (χ2v) is 6.55. The molecule has 2 aromatic rings. The van der Waals surface area contributed by atoms with Crippen LogP contribution in [-0.4, -0.2) is 50.0 Å². The predicted molar refractivity (Wildman–Crippen MR) is 107 cm³/mol. The fourth-order valence-corrected chi connectivity index (χ4v) is 2.45. The first-order valence-electron chi connectivity index (χ1n) is 9.14. The Labute approximate surface area is 165 Å². The normalized spacial score (nSPS) is 12.8. The number of hydrogen-bond acceptors (Lipinski definition) is 6. The van der Waals surface area contributed by atoms with Crippen LogP contribution in [0.3, 0.4) is 0 Å². The Morgan fingerprint density at radius 2 is 1.54 bits per heavy atom. The fourth-order valence-electron chi connectivity index (χ4n) is 2.45. The first-order chi connectivity index (χ1) is 13.5. The van der Waals surface area contributed by atoms with E-state index in [0.717, 1.165) is 17.1 Å². The van der Waals surface area contributed by atoms with Gasteiger partial charge >= 0.3 is 0 Å². The van der Waals surface area contributed by atoms with Crippen LogP contribution in [0.2, 0.25) is 0 Å². The van der Waals surface area contributed by atoms with Crippen molar-refractivity contribution in [2.45, 2.75) is 25.5 Å². The summed E-state index contributed by atoms with van der Waals surface area (Å²) in [6, 6.07) is 14.5. The molecule has 2 atom stereocenters. The van der Waals surface area contributed by atoms with Gasteiger partial charge in [0.1, 0.15) is 36.6 Å². The molecule has 2 aromatic carbocycles. The van der Waals surface area contributed by atoms with Gasteiger partial charge in [-0.05, 0) is 48.9 Å². The third-order valence-corrected chi connectivity index (χ3v) is 4.01. The van der Waals surface area contributed by atoms with Crippen LogP contribution in [-0.2, 0) is 11.2 Å². The number of carbonyl (C=O) groups is 1. The molecular weight excluding hydrogens is 360 g/mol. The molecule has 2 unspecified atom stereocenters. The van der Waals surface area contributed by atoms with E-state index in [2.05, 4.69) is 5.32 Å². The largest absolute Gasteiger partial charge is 0.497 e. The van der Waals surface area contributed by atoms with Crippen LogP contribution < -0.4 is 25.3 Å². The number of amides is 1. The molecule has 0 fully saturated rings. The zero-order valence-corrected chi connectivity index (χ0v) is 16.3. The molecule has 0 saturated heterocycles. The molecular formula is C21H28N2O5. The van der Waals surface area contributed by atoms with Gasteiger partial charge in [-0.1, -0.05) is 12.1 Å². The van der Waals surface area contributed by atoms with Gasteiger partial charge < -0.3 is 30.4 Å². The highest BCUT2D eigenvalue weighted by Gasteiger charge is 2.09. The summed E-state index contributed by atoms with van der Waals surface area (Å²) in [6.45, 7) is 3.00. The molecule has 0 bridgehead atoms. The molecule has 0 aromatic heterocycles. The van der Waals surface area contributed by atoms with E-state index in [0.29, 0.717) is 18.9 Å². The molecule has 4 N–H and O–H groups in total. The quantitative estimate of drug-likeness (QED) is 0.509. The molecule has 0 aliphatic carbocycles. The van der Waals surface area contributed by atoms with Crippen LogP contribution >= 0.6 is 0 Å². The minimum Gasteiger partial charge on any atom is -0.497 e. The lowest BCUT2D eigenvalue weighted by Gasteiger charge is -2.18. The van der Waals surface area contributed by atoms with E-state index in [1.54, 1.807) is 31.4 Å². The van der Waals surface area contributed by atoms with E-state index >= 15 is 0 Å². The number of hydrogen-bond donors (Lipinski definition) is 3. The molecule has 0 aliphatic rings. The van der Waals surface area contributed by atoms with Crippen molar-refractivity contribution < 1.29 is 24.1 Å². The highest BCUT2D eigenvalue weighted by molar-refractivity contribution is 5.76. The molecule has 2 rings (SSSR count). The molecule has 0 aliphatic heterocycles. The molecule has 152 valence electrons. The van der Waals surface area contributed by atoms with Gasteiger partial charge in [-0.2, -0.15) is 0 Å². The average Bonchev–Trinajstić information content (AvgIpc) is 2.70. The van der Waals surface area contributed by atoms with Crippen molar-refractivity contribution in [1.82, 2.24) is 5.32 Å². The van der Waals surface area contributed by atoms with Gasteiger partial charge in [0.05, 0.1) is 13.5 Å². The van der Waals surface area contributed by atoms with E-state index in [1.807, 2.05) is 31.2 Å². The number of nitrogens with two attached hydrogens (primary N) is 1. The van der Waals surface area contributed by atoms with Crippen molar-refractivity contribution >= 4 is 5.91 Å². The monoisotopic (exact) mass is 388 g/mol. The number of primary amides is 1. The number of aliphatic hydroxyl groups is 1. The third-order valence-electron chi connectivity index (χ3n) is 4.01. The van der Waals surface area contributed by atoms with E-state index in [-0.39, 0.29) is 25.0 Å². The number of methoxy groups -OCH3 is 1. The summed E-state index contributed by atoms with van der Waals surface area (Å²) in [5, 5.41) is 13.3. The summed E-state index contributed by atoms with van der Waals surface area (Å²) in [6.07, 6.45) is -0.461. The molecule has 28 heavy (non-hydrogen) atoms. The number of nitrogens with one attached hydrogen (secondary N) is 1. The average molecular weight is 388 g/mol. The molecule has 7 nitrogen and oxygen atoms in total. The standard InChI is InChI=1S/C21H28N2O5/c1-15(13-27-20-9-7-18(26-2)8-10-20)23-12-17(24)14-28-19-5-3-16(4-6-19)11-21(22)25/h3-10,15,17,23-24H,11-14H2,1-2H3,(H2,22,25). The second kappa shape index (κ2) is 11.2. The van der Waals surface area contributed by atoms with E-state index < -0.39 is 6.10 Å². The van der Waals surface area contributed by atoms with Crippen molar-refractivity contribution in [3.8, 4) is 17.2 Å². The maximum Gasteiger partial charge on any atom is 0.221 e. The van der Waals surface area contributed by atoms with Gasteiger partial charge in [0.2, 0.25) is 5.91 Å². The lowest BCUT2D eigenvalue weighted by Crippen LogP contribution is -2.39. The van der Waals surface area contributed by atoms with Crippen LogP contribution in [0.25, 0.3) is 0 Å². The Morgan fingerprint density at radius 3 is 2.11 bits per heavy atom. The molecule has 0 saturated carbocycles. The van der Waals surface area contributed by atoms with E-state index in [4.69, 9.17) is 19.9 Å². The zero-order valence-electron chi connectivity index (χ0n) is 16.3. The SMILES string of the molecule is COc1ccc(OCC(C)NCC(O)COc2ccc(CC(N)=O)cc2)cc1. The number of carbonyl (C=O) groups excluding carboxylic acids is 1. The number of benzene rings is 2. The van der Waals surface area contributed by atoms with Crippen LogP contribution in [0.4, 0.5) is 0 Å². The third kappa shape index (κ3) is 7.85. The molecule has 1 amide bonds. The van der Waals surface area contributed by atoms with E-state index in [9.17, 15) is 9.90 Å². The predicted octanol–water partition coefficient (Wildman–Crippen LogP) is 1.52. The summed E-state index contributed by atoms with van der Waals surface area (Å²) < 4.78 is 16.4. The summed E-state index contributed by atoms with van der Waals surface area (Å²) >= 11 is 0. The topological polar surface area (TPSA) is 103 Å². The van der Waals surface area contributed by atoms with Gasteiger partial charge in [-0.25, -0.2) is 0 Å². The summed E-state index contributed by atoms with van der Waals surface area (Å²) in [5.74, 6) is 1.80. The first-order valence-corrected chi connectivity index (χ1v) is 9.14. The van der Waals surface area contributed by atoms with Crippen molar-refractivity contribution in [2.75, 3.05) is 26.9 Å². The van der Waals surface area contributed by atoms with Crippen LogP contribution in [0.15, 0.2) is 48.5 Å². The lowest BCUT2D eigenvalue weighted by atomic mass is 10.1. The van der Waals surface area contributed by atoms with Crippen LogP contribution in [0.1, 0.15) is 12.5 Å². The van der Waals surface area contributed by atoms with Crippen LogP contribution in [0, 0.1) is 0 Å². The summed E-state index contributed by atoms with van der Waals surface area (Å²) in [4.78, 5) is 10.9. The summed E-state index contributed by atoms with van der Waals surface area (Å²) in [7, 11) is 1.62. The number of rotatable bonds is 12. The second-order valence-electron chi connectivity index (χ2n) is 6.55. The Kier molecular flexibility index (Phi) is 8.58. The number of aliphatic hydroxyl groups excluding tert-OH is 1. The van der Waals surface area contributed by atoms with Gasteiger partial charge in [0, 0.05) is 12.6 Å². The van der Waals surface area contributed by atoms with Crippen molar-refractivity contribution in [3.63, 3.8) is 0 Å². The van der Waals surface area contributed by atoms with Crippen molar-refractivity contribution in [3.05, 3.63) is 54.1 Å². The highest BCUT2D eigenvalue weighted by atomic mass is 16.5. The molecule has 0 spiro atoms. The Morgan fingerprint density at radius 1 is 1.00 bits per heavy atom. The fraction of sp³-hybridized carbons (Fsp3) is 0.381. The van der Waals surface area contributed by atoms with Gasteiger partial charge in [0.25, 0.3) is 0 Å². The molecule has 7 heteroatoms. The Bertz CT molecular complexity index is 719. The molecule has 0 radical (unpaired) electrons. The first kappa shape index (κ1) is 21.5. The minimum atomic E-state index is -0.659. The van der Waals surface area contributed by atoms with Gasteiger partial charge in [0.15, 0.2) is 0 Å². The maximum absolute atomic E-state index is 10.9. The van der Waals surface area contributed by atoms with Crippen molar-refractivity contribution in [1.29, 1.82) is 0 Å². The molecule has 0 heterocycles. The Hall–Kier alpha value is -2.77. The lowest BCUT2D eigenvalue weighted by molar-refractivity contribution is -0.117. The summed E-state index contributed by atoms with van der Waals surface area (Å²) in [5.41, 5.74) is 5.99.